The van der Waals surface area contributed by atoms with Crippen LogP contribution in [0.15, 0.2) is 0 Å². The van der Waals surface area contributed by atoms with Gasteiger partial charge in [-0.2, -0.15) is 0 Å². The molecule has 0 aromatic carbocycles. The Morgan fingerprint density at radius 1 is 0.529 bits per heavy atom. The van der Waals surface area contributed by atoms with Gasteiger partial charge in [0.25, 0.3) is 0 Å². The van der Waals surface area contributed by atoms with Crippen molar-refractivity contribution in [2.24, 2.45) is 0 Å². The zero-order valence-electron chi connectivity index (χ0n) is 9.71. The molecule has 9 heteroatoms. The van der Waals surface area contributed by atoms with Gasteiger partial charge in [-0.1, -0.05) is 0 Å². The van der Waals surface area contributed by atoms with Gasteiger partial charge in [0.2, 0.25) is 0 Å². The van der Waals surface area contributed by atoms with Gasteiger partial charge in [0.1, 0.15) is 0 Å². The van der Waals surface area contributed by atoms with Gasteiger partial charge >= 0.3 is 18.6 Å². The SMILES string of the molecule is CC(=O)[O-].CC(=O)[O-].CC(=O)[O-].CC(=O)[O-].[V+4]. The Bertz CT molecular complexity index is 162. The molecule has 8 nitrogen and oxygen atoms in total. The van der Waals surface area contributed by atoms with Crippen molar-refractivity contribution >= 4 is 23.9 Å². The third-order valence-corrected chi connectivity index (χ3v) is 0. The van der Waals surface area contributed by atoms with Gasteiger partial charge in [-0.05, 0) is 27.7 Å². The Hall–Kier alpha value is -1.54. The summed E-state index contributed by atoms with van der Waals surface area (Å²) in [6, 6.07) is 0. The van der Waals surface area contributed by atoms with Crippen LogP contribution in [-0.4, -0.2) is 23.9 Å². The van der Waals surface area contributed by atoms with Crippen molar-refractivity contribution in [2.75, 3.05) is 0 Å². The van der Waals surface area contributed by atoms with Crippen molar-refractivity contribution in [3.63, 3.8) is 0 Å². The summed E-state index contributed by atoms with van der Waals surface area (Å²) in [5.74, 6) is -4.33. The van der Waals surface area contributed by atoms with Gasteiger partial charge in [-0.25, -0.2) is 0 Å². The van der Waals surface area contributed by atoms with Crippen LogP contribution in [-0.2, 0) is 37.7 Å². The average molecular weight is 287 g/mol. The summed E-state index contributed by atoms with van der Waals surface area (Å²) in [4.78, 5) is 35.6. The van der Waals surface area contributed by atoms with E-state index in [-0.39, 0.29) is 18.6 Å². The molecule has 0 aliphatic carbocycles. The van der Waals surface area contributed by atoms with Crippen LogP contribution in [0, 0.1) is 0 Å². The Kier molecular flexibility index (Phi) is 41.6. The Labute approximate surface area is 110 Å². The van der Waals surface area contributed by atoms with Crippen LogP contribution in [0.2, 0.25) is 0 Å². The van der Waals surface area contributed by atoms with E-state index in [0.717, 1.165) is 27.7 Å². The van der Waals surface area contributed by atoms with Crippen molar-refractivity contribution in [1.29, 1.82) is 0 Å². The van der Waals surface area contributed by atoms with E-state index in [1.54, 1.807) is 0 Å². The number of carbonyl (C=O) groups is 4. The van der Waals surface area contributed by atoms with Crippen LogP contribution >= 0.6 is 0 Å². The van der Waals surface area contributed by atoms with Crippen LogP contribution in [0.5, 0.6) is 0 Å². The molecule has 0 bridgehead atoms. The zero-order chi connectivity index (χ0) is 14.3. The second-order valence-corrected chi connectivity index (χ2v) is 1.97. The van der Waals surface area contributed by atoms with Gasteiger partial charge in [-0.3, -0.25) is 0 Å². The van der Waals surface area contributed by atoms with E-state index >= 15 is 0 Å². The molecule has 97 valence electrons. The van der Waals surface area contributed by atoms with E-state index in [4.69, 9.17) is 39.6 Å². The second kappa shape index (κ2) is 23.9. The molecular weight excluding hydrogens is 275 g/mol. The van der Waals surface area contributed by atoms with E-state index in [2.05, 4.69) is 0 Å². The number of hydrogen-bond donors (Lipinski definition) is 0. The minimum atomic E-state index is -1.08. The summed E-state index contributed by atoms with van der Waals surface area (Å²) in [6.45, 7) is 3.89. The number of carboxylic acids is 4. The molecule has 0 aromatic rings. The third kappa shape index (κ3) is 953. The van der Waals surface area contributed by atoms with Crippen molar-refractivity contribution < 1.29 is 58.2 Å². The summed E-state index contributed by atoms with van der Waals surface area (Å²) < 4.78 is 0. The van der Waals surface area contributed by atoms with Crippen molar-refractivity contribution in [2.45, 2.75) is 27.7 Å². The van der Waals surface area contributed by atoms with E-state index < -0.39 is 23.9 Å². The normalized spacial score (nSPS) is 5.88. The molecule has 0 aliphatic heterocycles. The maximum atomic E-state index is 8.89. The third-order valence-electron chi connectivity index (χ3n) is 0. The van der Waals surface area contributed by atoms with Crippen LogP contribution in [0.3, 0.4) is 0 Å². The van der Waals surface area contributed by atoms with Gasteiger partial charge < -0.3 is 39.6 Å². The summed E-state index contributed by atoms with van der Waals surface area (Å²) in [5.41, 5.74) is 0. The Morgan fingerprint density at radius 3 is 0.529 bits per heavy atom. The number of aliphatic carboxylic acids is 4. The van der Waals surface area contributed by atoms with E-state index in [0.29, 0.717) is 0 Å². The minimum absolute atomic E-state index is 0. The molecule has 0 aliphatic rings. The number of rotatable bonds is 0. The molecule has 0 saturated heterocycles. The quantitative estimate of drug-likeness (QED) is 0.428. The van der Waals surface area contributed by atoms with Gasteiger partial charge in [0, 0.05) is 23.9 Å². The van der Waals surface area contributed by atoms with Gasteiger partial charge in [0.05, 0.1) is 0 Å². The average Bonchev–Trinajstić information content (AvgIpc) is 1.76. The van der Waals surface area contributed by atoms with Crippen molar-refractivity contribution in [3.8, 4) is 0 Å². The number of carboxylic acid groups (broad SMARTS) is 4. The first kappa shape index (κ1) is 29.5. The van der Waals surface area contributed by atoms with Crippen LogP contribution in [0.25, 0.3) is 0 Å². The summed E-state index contributed by atoms with van der Waals surface area (Å²) in [5, 5.41) is 35.6. The molecule has 0 rings (SSSR count). The summed E-state index contributed by atoms with van der Waals surface area (Å²) in [6.07, 6.45) is 0. The Balaban J connectivity index is -0.0000000369. The molecule has 0 atom stereocenters. The van der Waals surface area contributed by atoms with Gasteiger partial charge in [-0.15, -0.1) is 0 Å². The molecule has 1 radical (unpaired) electrons. The summed E-state index contributed by atoms with van der Waals surface area (Å²) in [7, 11) is 0. The number of carbonyl (C=O) groups excluding carboxylic acids is 4. The fraction of sp³-hybridized carbons (Fsp3) is 0.500. The van der Waals surface area contributed by atoms with Crippen molar-refractivity contribution in [3.05, 3.63) is 0 Å². The fourth-order valence-corrected chi connectivity index (χ4v) is 0. The smallest absolute Gasteiger partial charge is 0.550 e. The first-order valence-corrected chi connectivity index (χ1v) is 3.63. The molecule has 0 saturated carbocycles. The summed E-state index contributed by atoms with van der Waals surface area (Å²) >= 11 is 0. The molecule has 0 aromatic heterocycles. The molecule has 0 N–H and O–H groups in total. The van der Waals surface area contributed by atoms with Crippen LogP contribution < -0.4 is 20.4 Å². The van der Waals surface area contributed by atoms with E-state index in [9.17, 15) is 0 Å². The molecule has 0 amide bonds. The maximum absolute atomic E-state index is 8.89. The Morgan fingerprint density at radius 2 is 0.529 bits per heavy atom. The standard InChI is InChI=1S/4C2H4O2.V/c4*1-2(3)4;/h4*1H3,(H,3,4);/q;;;;+4/p-4. The van der Waals surface area contributed by atoms with Crippen LogP contribution in [0.1, 0.15) is 27.7 Å². The predicted molar refractivity (Wildman–Crippen MR) is 42.7 cm³/mol. The molecule has 0 fully saturated rings. The molecule has 17 heavy (non-hydrogen) atoms. The van der Waals surface area contributed by atoms with Gasteiger partial charge in [0.15, 0.2) is 0 Å². The largest absolute Gasteiger partial charge is 4.00 e. The maximum Gasteiger partial charge on any atom is 4.00 e. The zero-order valence-corrected chi connectivity index (χ0v) is 11.1. The minimum Gasteiger partial charge on any atom is -0.550 e. The number of hydrogen-bond acceptors (Lipinski definition) is 8. The first-order valence-electron chi connectivity index (χ1n) is 3.63. The van der Waals surface area contributed by atoms with E-state index in [1.165, 1.54) is 0 Å². The van der Waals surface area contributed by atoms with Crippen LogP contribution in [0.4, 0.5) is 0 Å². The molecule has 0 spiro atoms. The fourth-order valence-electron chi connectivity index (χ4n) is 0. The predicted octanol–water partition coefficient (Wildman–Crippen LogP) is -4.98. The molecule has 0 unspecified atom stereocenters. The second-order valence-electron chi connectivity index (χ2n) is 1.97. The van der Waals surface area contributed by atoms with Crippen molar-refractivity contribution in [1.82, 2.24) is 0 Å². The first-order chi connectivity index (χ1) is 6.93. The molecular formula is C8H12O8V. The topological polar surface area (TPSA) is 161 Å². The van der Waals surface area contributed by atoms with E-state index in [1.807, 2.05) is 0 Å². The monoisotopic (exact) mass is 287 g/mol. The molecule has 0 heterocycles.